The van der Waals surface area contributed by atoms with E-state index in [9.17, 15) is 4.79 Å². The van der Waals surface area contributed by atoms with E-state index in [0.29, 0.717) is 5.16 Å². The number of amides is 1. The summed E-state index contributed by atoms with van der Waals surface area (Å²) in [6.45, 7) is 1.83. The Labute approximate surface area is 125 Å². The van der Waals surface area contributed by atoms with Crippen LogP contribution in [0.5, 0.6) is 0 Å². The number of carbonyl (C=O) groups excluding carboxylic acids is 1. The minimum Gasteiger partial charge on any atom is -0.324 e. The van der Waals surface area contributed by atoms with Gasteiger partial charge in [-0.05, 0) is 35.7 Å². The van der Waals surface area contributed by atoms with Crippen LogP contribution >= 0.6 is 23.5 Å². The van der Waals surface area contributed by atoms with Crippen LogP contribution in [0.2, 0.25) is 0 Å². The average Bonchev–Trinajstić information content (AvgIpc) is 2.84. The second-order valence-corrected chi connectivity index (χ2v) is 6.19. The van der Waals surface area contributed by atoms with Gasteiger partial charge >= 0.3 is 0 Å². The van der Waals surface area contributed by atoms with Crippen molar-refractivity contribution in [2.75, 3.05) is 11.6 Å². The fourth-order valence-corrected chi connectivity index (χ4v) is 2.82. The summed E-state index contributed by atoms with van der Waals surface area (Å²) in [5.41, 5.74) is 0.827. The van der Waals surface area contributed by atoms with Gasteiger partial charge in [0.15, 0.2) is 0 Å². The van der Waals surface area contributed by atoms with Crippen LogP contribution in [0.3, 0.4) is 0 Å². The van der Waals surface area contributed by atoms with Gasteiger partial charge in [0.2, 0.25) is 11.1 Å². The molecule has 1 aromatic carbocycles. The number of para-hydroxylation sites is 1. The molecule has 0 bridgehead atoms. The maximum atomic E-state index is 12.2. The maximum Gasteiger partial charge on any atom is 0.237 e. The van der Waals surface area contributed by atoms with Gasteiger partial charge in [0.1, 0.15) is 0 Å². The normalized spacial score (nSPS) is 12.2. The number of nitrogens with zero attached hydrogens (tertiary/aromatic N) is 4. The number of hydrogen-bond donors (Lipinski definition) is 1. The Bertz CT molecular complexity index is 601. The molecule has 8 heteroatoms. The first kappa shape index (κ1) is 14.9. The van der Waals surface area contributed by atoms with Crippen molar-refractivity contribution in [3.8, 4) is 0 Å². The van der Waals surface area contributed by atoms with Crippen LogP contribution in [0.15, 0.2) is 34.3 Å². The molecule has 1 unspecified atom stereocenters. The lowest BCUT2D eigenvalue weighted by atomic mass is 10.3. The molecule has 1 amide bonds. The third-order valence-electron chi connectivity index (χ3n) is 2.60. The Morgan fingerprint density at radius 3 is 2.80 bits per heavy atom. The molecule has 0 spiro atoms. The van der Waals surface area contributed by atoms with E-state index in [1.807, 2.05) is 37.4 Å². The summed E-state index contributed by atoms with van der Waals surface area (Å²) in [4.78, 5) is 13.2. The zero-order chi connectivity index (χ0) is 14.5. The second kappa shape index (κ2) is 6.76. The Morgan fingerprint density at radius 2 is 2.15 bits per heavy atom. The predicted molar refractivity (Wildman–Crippen MR) is 81.0 cm³/mol. The fourth-order valence-electron chi connectivity index (χ4n) is 1.51. The predicted octanol–water partition coefficient (Wildman–Crippen LogP) is 2.05. The lowest BCUT2D eigenvalue weighted by molar-refractivity contribution is -0.115. The molecule has 1 atom stereocenters. The SMILES string of the molecule is CSc1ccccc1NC(=O)C(C)Sc1nnnn1C. The molecule has 6 nitrogen and oxygen atoms in total. The molecular formula is C12H15N5OS2. The van der Waals surface area contributed by atoms with Crippen LogP contribution in [0.1, 0.15) is 6.92 Å². The Hall–Kier alpha value is -1.54. The maximum absolute atomic E-state index is 12.2. The van der Waals surface area contributed by atoms with Gasteiger partial charge in [-0.2, -0.15) is 0 Å². The van der Waals surface area contributed by atoms with Crippen LogP contribution in [-0.4, -0.2) is 37.6 Å². The first-order chi connectivity index (χ1) is 9.61. The van der Waals surface area contributed by atoms with Crippen LogP contribution < -0.4 is 5.32 Å². The van der Waals surface area contributed by atoms with Gasteiger partial charge in [-0.1, -0.05) is 23.9 Å². The van der Waals surface area contributed by atoms with Crippen molar-refractivity contribution < 1.29 is 4.79 Å². The van der Waals surface area contributed by atoms with Crippen molar-refractivity contribution in [2.24, 2.45) is 7.05 Å². The molecule has 20 heavy (non-hydrogen) atoms. The third kappa shape index (κ3) is 3.51. The summed E-state index contributed by atoms with van der Waals surface area (Å²) >= 11 is 2.92. The molecule has 106 valence electrons. The lowest BCUT2D eigenvalue weighted by Gasteiger charge is -2.13. The quantitative estimate of drug-likeness (QED) is 0.852. The molecule has 0 radical (unpaired) electrons. The topological polar surface area (TPSA) is 72.7 Å². The Kier molecular flexibility index (Phi) is 5.02. The van der Waals surface area contributed by atoms with Gasteiger partial charge in [0.25, 0.3) is 0 Å². The van der Waals surface area contributed by atoms with Crippen LogP contribution in [0.25, 0.3) is 0 Å². The molecule has 2 rings (SSSR count). The smallest absolute Gasteiger partial charge is 0.237 e. The van der Waals surface area contributed by atoms with Crippen LogP contribution in [-0.2, 0) is 11.8 Å². The molecule has 1 heterocycles. The molecule has 0 saturated carbocycles. The number of tetrazole rings is 1. The van der Waals surface area contributed by atoms with Gasteiger partial charge in [-0.3, -0.25) is 4.79 Å². The zero-order valence-electron chi connectivity index (χ0n) is 11.4. The molecule has 1 N–H and O–H groups in total. The van der Waals surface area contributed by atoms with Crippen molar-refractivity contribution in [3.63, 3.8) is 0 Å². The minimum atomic E-state index is -0.283. The van der Waals surface area contributed by atoms with Crippen molar-refractivity contribution in [2.45, 2.75) is 22.2 Å². The highest BCUT2D eigenvalue weighted by Crippen LogP contribution is 2.26. The third-order valence-corrected chi connectivity index (χ3v) is 4.52. The summed E-state index contributed by atoms with van der Waals surface area (Å²) in [7, 11) is 1.75. The molecule has 0 aliphatic carbocycles. The summed E-state index contributed by atoms with van der Waals surface area (Å²) in [5.74, 6) is -0.0699. The van der Waals surface area contributed by atoms with Gasteiger partial charge in [-0.25, -0.2) is 4.68 Å². The zero-order valence-corrected chi connectivity index (χ0v) is 13.0. The minimum absolute atomic E-state index is 0.0699. The number of carbonyl (C=O) groups is 1. The fraction of sp³-hybridized carbons (Fsp3) is 0.333. The molecule has 1 aromatic heterocycles. The average molecular weight is 309 g/mol. The van der Waals surface area contributed by atoms with Crippen molar-refractivity contribution in [3.05, 3.63) is 24.3 Å². The lowest BCUT2D eigenvalue weighted by Crippen LogP contribution is -2.23. The molecule has 0 aliphatic rings. The second-order valence-electron chi connectivity index (χ2n) is 4.03. The van der Waals surface area contributed by atoms with Crippen molar-refractivity contribution >= 4 is 35.1 Å². The van der Waals surface area contributed by atoms with Gasteiger partial charge in [0.05, 0.1) is 10.9 Å². The highest BCUT2D eigenvalue weighted by molar-refractivity contribution is 8.00. The van der Waals surface area contributed by atoms with Crippen LogP contribution in [0, 0.1) is 0 Å². The number of thioether (sulfide) groups is 2. The highest BCUT2D eigenvalue weighted by atomic mass is 32.2. The Morgan fingerprint density at radius 1 is 1.40 bits per heavy atom. The van der Waals surface area contributed by atoms with Gasteiger partial charge < -0.3 is 5.32 Å². The van der Waals surface area contributed by atoms with E-state index in [1.54, 1.807) is 23.5 Å². The van der Waals surface area contributed by atoms with Gasteiger partial charge in [0, 0.05) is 11.9 Å². The van der Waals surface area contributed by atoms with E-state index >= 15 is 0 Å². The van der Waals surface area contributed by atoms with Gasteiger partial charge in [-0.15, -0.1) is 16.9 Å². The van der Waals surface area contributed by atoms with Crippen molar-refractivity contribution in [1.29, 1.82) is 0 Å². The van der Waals surface area contributed by atoms with E-state index in [0.717, 1.165) is 10.6 Å². The summed E-state index contributed by atoms with van der Waals surface area (Å²) < 4.78 is 1.55. The highest BCUT2D eigenvalue weighted by Gasteiger charge is 2.18. The van der Waals surface area contributed by atoms with E-state index in [-0.39, 0.29) is 11.2 Å². The summed E-state index contributed by atoms with van der Waals surface area (Å²) in [6, 6.07) is 7.72. The first-order valence-corrected chi connectivity index (χ1v) is 8.05. The van der Waals surface area contributed by atoms with E-state index < -0.39 is 0 Å². The standard InChI is InChI=1S/C12H15N5OS2/c1-8(20-12-14-15-16-17(12)2)11(18)13-9-6-4-5-7-10(9)19-3/h4-8H,1-3H3,(H,13,18). The van der Waals surface area contributed by atoms with E-state index in [4.69, 9.17) is 0 Å². The Balaban J connectivity index is 2.02. The number of benzene rings is 1. The molecule has 2 aromatic rings. The van der Waals surface area contributed by atoms with E-state index in [1.165, 1.54) is 11.8 Å². The number of aromatic nitrogens is 4. The monoisotopic (exact) mass is 309 g/mol. The number of anilines is 1. The molecule has 0 aliphatic heterocycles. The number of aryl methyl sites for hydroxylation is 1. The van der Waals surface area contributed by atoms with Crippen molar-refractivity contribution in [1.82, 2.24) is 20.2 Å². The summed E-state index contributed by atoms with van der Waals surface area (Å²) in [6.07, 6.45) is 1.98. The molecular weight excluding hydrogens is 294 g/mol. The van der Waals surface area contributed by atoms with Crippen LogP contribution in [0.4, 0.5) is 5.69 Å². The number of nitrogens with one attached hydrogen (secondary N) is 1. The number of rotatable bonds is 5. The summed E-state index contributed by atoms with van der Waals surface area (Å²) in [5, 5.41) is 14.4. The largest absolute Gasteiger partial charge is 0.324 e. The first-order valence-electron chi connectivity index (χ1n) is 5.94. The number of hydrogen-bond acceptors (Lipinski definition) is 6. The van der Waals surface area contributed by atoms with E-state index in [2.05, 4.69) is 20.8 Å². The molecule has 0 saturated heterocycles. The molecule has 0 fully saturated rings.